The molecule has 1 nitrogen and oxygen atoms in total. The highest BCUT2D eigenvalue weighted by Crippen LogP contribution is 2.23. The summed E-state index contributed by atoms with van der Waals surface area (Å²) in [6, 6.07) is 11.5. The van der Waals surface area contributed by atoms with E-state index in [2.05, 4.69) is 6.92 Å². The van der Waals surface area contributed by atoms with Gasteiger partial charge in [-0.2, -0.15) is 0 Å². The van der Waals surface area contributed by atoms with Gasteiger partial charge < -0.3 is 0 Å². The Balaban J connectivity index is 2.41. The Kier molecular flexibility index (Phi) is 4.33. The third-order valence-electron chi connectivity index (χ3n) is 2.92. The molecule has 0 saturated carbocycles. The van der Waals surface area contributed by atoms with Crippen molar-refractivity contribution in [3.63, 3.8) is 0 Å². The molecule has 19 heavy (non-hydrogen) atoms. The smallest absolute Gasteiger partial charge is 0.197 e. The molecule has 0 aromatic heterocycles. The standard InChI is InChI=1S/C16H14ClFO/c1-2-5-11-6-3-7-12(10-11)16(19)15-13(17)8-4-9-14(15)18/h3-4,6-10H,2,5H2,1H3. The number of aryl methyl sites for hydroxylation is 1. The highest BCUT2D eigenvalue weighted by molar-refractivity contribution is 6.35. The number of halogens is 2. The third kappa shape index (κ3) is 3.02. The predicted molar refractivity (Wildman–Crippen MR) is 75.3 cm³/mol. The number of hydrogen-bond donors (Lipinski definition) is 0. The maximum absolute atomic E-state index is 13.7. The number of rotatable bonds is 4. The largest absolute Gasteiger partial charge is 0.288 e. The lowest BCUT2D eigenvalue weighted by Gasteiger charge is -2.06. The summed E-state index contributed by atoms with van der Waals surface area (Å²) in [5, 5.41) is 0.144. The molecule has 0 heterocycles. The molecule has 0 aliphatic heterocycles. The van der Waals surface area contributed by atoms with E-state index in [1.54, 1.807) is 12.1 Å². The monoisotopic (exact) mass is 276 g/mol. The van der Waals surface area contributed by atoms with Gasteiger partial charge in [-0.3, -0.25) is 4.79 Å². The van der Waals surface area contributed by atoms with Crippen LogP contribution >= 0.6 is 11.6 Å². The van der Waals surface area contributed by atoms with Crippen LogP contribution < -0.4 is 0 Å². The van der Waals surface area contributed by atoms with Crippen LogP contribution in [0.25, 0.3) is 0 Å². The van der Waals surface area contributed by atoms with Crippen LogP contribution in [0.15, 0.2) is 42.5 Å². The molecule has 2 aromatic carbocycles. The second kappa shape index (κ2) is 5.98. The Hall–Kier alpha value is -1.67. The lowest BCUT2D eigenvalue weighted by atomic mass is 9.99. The predicted octanol–water partition coefficient (Wildman–Crippen LogP) is 4.66. The van der Waals surface area contributed by atoms with Gasteiger partial charge in [-0.25, -0.2) is 4.39 Å². The van der Waals surface area contributed by atoms with E-state index in [1.165, 1.54) is 18.2 Å². The summed E-state index contributed by atoms with van der Waals surface area (Å²) >= 11 is 5.91. The fourth-order valence-corrected chi connectivity index (χ4v) is 2.26. The van der Waals surface area contributed by atoms with Crippen molar-refractivity contribution in [1.82, 2.24) is 0 Å². The SMILES string of the molecule is CCCc1cccc(C(=O)c2c(F)cccc2Cl)c1. The molecule has 0 bridgehead atoms. The molecule has 2 aromatic rings. The molecule has 0 atom stereocenters. The van der Waals surface area contributed by atoms with Crippen LogP contribution in [0.4, 0.5) is 4.39 Å². The van der Waals surface area contributed by atoms with Crippen LogP contribution in [-0.4, -0.2) is 5.78 Å². The van der Waals surface area contributed by atoms with Gasteiger partial charge in [-0.1, -0.05) is 49.2 Å². The van der Waals surface area contributed by atoms with Gasteiger partial charge in [0, 0.05) is 5.56 Å². The molecule has 98 valence electrons. The number of hydrogen-bond acceptors (Lipinski definition) is 1. The van der Waals surface area contributed by atoms with Gasteiger partial charge in [-0.05, 0) is 30.2 Å². The van der Waals surface area contributed by atoms with Crippen molar-refractivity contribution in [3.8, 4) is 0 Å². The minimum absolute atomic E-state index is 0.0576. The Bertz CT molecular complexity index is 587. The summed E-state index contributed by atoms with van der Waals surface area (Å²) in [5.74, 6) is -0.959. The quantitative estimate of drug-likeness (QED) is 0.742. The van der Waals surface area contributed by atoms with E-state index in [9.17, 15) is 9.18 Å². The fourth-order valence-electron chi connectivity index (χ4n) is 2.02. The molecular formula is C16H14ClFO. The second-order valence-electron chi connectivity index (χ2n) is 4.38. The number of benzene rings is 2. The first-order valence-corrected chi connectivity index (χ1v) is 6.59. The van der Waals surface area contributed by atoms with Crippen LogP contribution in [0, 0.1) is 5.82 Å². The molecule has 0 fully saturated rings. The minimum Gasteiger partial charge on any atom is -0.288 e. The Labute approximate surface area is 117 Å². The Morgan fingerprint density at radius 1 is 1.21 bits per heavy atom. The molecule has 2 rings (SSSR count). The molecule has 0 radical (unpaired) electrons. The summed E-state index contributed by atoms with van der Waals surface area (Å²) in [5.41, 5.74) is 1.48. The first-order chi connectivity index (χ1) is 9.13. The molecule has 3 heteroatoms. The molecule has 0 amide bonds. The zero-order valence-corrected chi connectivity index (χ0v) is 11.4. The second-order valence-corrected chi connectivity index (χ2v) is 4.78. The maximum Gasteiger partial charge on any atom is 0.197 e. The molecule has 0 unspecified atom stereocenters. The van der Waals surface area contributed by atoms with Crippen LogP contribution in [0.1, 0.15) is 34.8 Å². The Morgan fingerprint density at radius 2 is 1.95 bits per heavy atom. The highest BCUT2D eigenvalue weighted by Gasteiger charge is 2.17. The summed E-state index contributed by atoms with van der Waals surface area (Å²) in [7, 11) is 0. The normalized spacial score (nSPS) is 10.5. The van der Waals surface area contributed by atoms with Gasteiger partial charge in [0.25, 0.3) is 0 Å². The molecule has 0 saturated heterocycles. The van der Waals surface area contributed by atoms with E-state index in [4.69, 9.17) is 11.6 Å². The first kappa shape index (κ1) is 13.8. The number of carbonyl (C=O) groups is 1. The third-order valence-corrected chi connectivity index (χ3v) is 3.23. The van der Waals surface area contributed by atoms with Gasteiger partial charge >= 0.3 is 0 Å². The highest BCUT2D eigenvalue weighted by atomic mass is 35.5. The lowest BCUT2D eigenvalue weighted by Crippen LogP contribution is -2.05. The van der Waals surface area contributed by atoms with Crippen molar-refractivity contribution in [2.75, 3.05) is 0 Å². The number of ketones is 1. The summed E-state index contributed by atoms with van der Waals surface area (Å²) in [6.45, 7) is 2.07. The first-order valence-electron chi connectivity index (χ1n) is 6.21. The Morgan fingerprint density at radius 3 is 2.63 bits per heavy atom. The summed E-state index contributed by atoms with van der Waals surface area (Å²) in [4.78, 5) is 12.3. The molecule has 0 N–H and O–H groups in total. The van der Waals surface area contributed by atoms with E-state index in [-0.39, 0.29) is 16.4 Å². The lowest BCUT2D eigenvalue weighted by molar-refractivity contribution is 0.103. The molecular weight excluding hydrogens is 263 g/mol. The zero-order valence-electron chi connectivity index (χ0n) is 10.6. The van der Waals surface area contributed by atoms with E-state index in [0.717, 1.165) is 18.4 Å². The zero-order chi connectivity index (χ0) is 13.8. The van der Waals surface area contributed by atoms with Crippen molar-refractivity contribution in [3.05, 3.63) is 70.0 Å². The average Bonchev–Trinajstić information content (AvgIpc) is 2.39. The molecule has 0 aliphatic carbocycles. The minimum atomic E-state index is -0.585. The van der Waals surface area contributed by atoms with Crippen LogP contribution in [0.5, 0.6) is 0 Å². The molecule has 0 spiro atoms. The molecule has 0 aliphatic rings. The van der Waals surface area contributed by atoms with Gasteiger partial charge in [0.15, 0.2) is 5.78 Å². The van der Waals surface area contributed by atoms with Crippen molar-refractivity contribution in [2.45, 2.75) is 19.8 Å². The van der Waals surface area contributed by atoms with Gasteiger partial charge in [-0.15, -0.1) is 0 Å². The fraction of sp³-hybridized carbons (Fsp3) is 0.188. The van der Waals surface area contributed by atoms with E-state index in [0.29, 0.717) is 5.56 Å². The maximum atomic E-state index is 13.7. The van der Waals surface area contributed by atoms with Crippen LogP contribution in [-0.2, 0) is 6.42 Å². The van der Waals surface area contributed by atoms with Crippen LogP contribution in [0.2, 0.25) is 5.02 Å². The average molecular weight is 277 g/mol. The van der Waals surface area contributed by atoms with E-state index >= 15 is 0 Å². The van der Waals surface area contributed by atoms with Crippen molar-refractivity contribution in [2.24, 2.45) is 0 Å². The van der Waals surface area contributed by atoms with Crippen molar-refractivity contribution >= 4 is 17.4 Å². The van der Waals surface area contributed by atoms with Crippen LogP contribution in [0.3, 0.4) is 0 Å². The van der Waals surface area contributed by atoms with E-state index < -0.39 is 5.82 Å². The van der Waals surface area contributed by atoms with Crippen molar-refractivity contribution < 1.29 is 9.18 Å². The number of carbonyl (C=O) groups excluding carboxylic acids is 1. The topological polar surface area (TPSA) is 17.1 Å². The summed E-state index contributed by atoms with van der Waals surface area (Å²) < 4.78 is 13.7. The van der Waals surface area contributed by atoms with Gasteiger partial charge in [0.05, 0.1) is 10.6 Å². The van der Waals surface area contributed by atoms with Crippen molar-refractivity contribution in [1.29, 1.82) is 0 Å². The van der Waals surface area contributed by atoms with E-state index in [1.807, 2.05) is 12.1 Å². The summed E-state index contributed by atoms with van der Waals surface area (Å²) in [6.07, 6.45) is 1.89. The van der Waals surface area contributed by atoms with Gasteiger partial charge in [0.2, 0.25) is 0 Å². The van der Waals surface area contributed by atoms with Gasteiger partial charge in [0.1, 0.15) is 5.82 Å².